The van der Waals surface area contributed by atoms with E-state index in [0.29, 0.717) is 11.6 Å². The van der Waals surface area contributed by atoms with Crippen molar-refractivity contribution in [2.75, 3.05) is 10.6 Å². The molecule has 2 rings (SSSR count). The monoisotopic (exact) mass is 342 g/mol. The van der Waals surface area contributed by atoms with Crippen molar-refractivity contribution in [3.8, 4) is 0 Å². The van der Waals surface area contributed by atoms with E-state index in [1.54, 1.807) is 0 Å². The van der Waals surface area contributed by atoms with Gasteiger partial charge >= 0.3 is 0 Å². The van der Waals surface area contributed by atoms with Crippen LogP contribution in [0.3, 0.4) is 0 Å². The molecule has 25 heavy (non-hydrogen) atoms. The van der Waals surface area contributed by atoms with Gasteiger partial charge in [-0.25, -0.2) is 4.39 Å². The smallest absolute Gasteiger partial charge is 0.228 e. The normalized spacial score (nSPS) is 10.6. The zero-order chi connectivity index (χ0) is 18.4. The first-order valence-electron chi connectivity index (χ1n) is 8.28. The van der Waals surface area contributed by atoms with Crippen molar-refractivity contribution in [2.45, 2.75) is 33.6 Å². The van der Waals surface area contributed by atoms with Crippen molar-refractivity contribution in [1.29, 1.82) is 0 Å². The van der Waals surface area contributed by atoms with Crippen LogP contribution in [0.1, 0.15) is 31.9 Å². The van der Waals surface area contributed by atoms with E-state index in [1.165, 1.54) is 30.7 Å². The number of benzene rings is 2. The van der Waals surface area contributed by atoms with Gasteiger partial charge in [0.05, 0.1) is 12.1 Å². The highest BCUT2D eigenvalue weighted by Crippen LogP contribution is 2.20. The number of anilines is 2. The summed E-state index contributed by atoms with van der Waals surface area (Å²) in [5.41, 5.74) is 2.64. The Morgan fingerprint density at radius 1 is 1.00 bits per heavy atom. The average Bonchev–Trinajstić information content (AvgIpc) is 2.51. The van der Waals surface area contributed by atoms with Crippen LogP contribution < -0.4 is 10.6 Å². The molecular weight excluding hydrogens is 319 g/mol. The fourth-order valence-corrected chi connectivity index (χ4v) is 2.54. The van der Waals surface area contributed by atoms with Gasteiger partial charge in [0.1, 0.15) is 5.82 Å². The van der Waals surface area contributed by atoms with Crippen molar-refractivity contribution < 1.29 is 14.0 Å². The van der Waals surface area contributed by atoms with E-state index in [4.69, 9.17) is 0 Å². The third-order valence-corrected chi connectivity index (χ3v) is 3.59. The van der Waals surface area contributed by atoms with E-state index in [-0.39, 0.29) is 23.9 Å². The number of amides is 2. The standard InChI is InChI=1S/C20H23FN2O2/c1-13(2)10-15-4-6-16(7-5-15)11-20(25)23-17-8-9-18(21)19(12-17)22-14(3)24/h4-9,12-13H,10-11H2,1-3H3,(H,22,24)(H,23,25). The lowest BCUT2D eigenvalue weighted by molar-refractivity contribution is -0.115. The molecule has 0 heterocycles. The second-order valence-corrected chi connectivity index (χ2v) is 6.52. The van der Waals surface area contributed by atoms with Crippen LogP contribution in [-0.2, 0) is 22.4 Å². The first kappa shape index (κ1) is 18.6. The topological polar surface area (TPSA) is 58.2 Å². The summed E-state index contributed by atoms with van der Waals surface area (Å²) < 4.78 is 13.6. The van der Waals surface area contributed by atoms with Crippen molar-refractivity contribution in [2.24, 2.45) is 5.92 Å². The van der Waals surface area contributed by atoms with Crippen LogP contribution in [0.2, 0.25) is 0 Å². The maximum Gasteiger partial charge on any atom is 0.228 e. The van der Waals surface area contributed by atoms with Crippen molar-refractivity contribution in [1.82, 2.24) is 0 Å². The number of nitrogens with one attached hydrogen (secondary N) is 2. The number of carbonyl (C=O) groups is 2. The Hall–Kier alpha value is -2.69. The fraction of sp³-hybridized carbons (Fsp3) is 0.300. The highest BCUT2D eigenvalue weighted by atomic mass is 19.1. The number of halogens is 1. The summed E-state index contributed by atoms with van der Waals surface area (Å²) in [6.07, 6.45) is 1.24. The molecule has 0 saturated carbocycles. The molecule has 0 aliphatic heterocycles. The number of carbonyl (C=O) groups excluding carboxylic acids is 2. The van der Waals surface area contributed by atoms with Gasteiger partial charge in [0.25, 0.3) is 0 Å². The van der Waals surface area contributed by atoms with E-state index in [0.717, 1.165) is 12.0 Å². The summed E-state index contributed by atoms with van der Waals surface area (Å²) in [7, 11) is 0. The maximum absolute atomic E-state index is 13.6. The van der Waals surface area contributed by atoms with E-state index in [1.807, 2.05) is 24.3 Å². The summed E-state index contributed by atoms with van der Waals surface area (Å²) >= 11 is 0. The van der Waals surface area contributed by atoms with Crippen LogP contribution in [0.25, 0.3) is 0 Å². The van der Waals surface area contributed by atoms with E-state index < -0.39 is 5.82 Å². The molecule has 4 nitrogen and oxygen atoms in total. The lowest BCUT2D eigenvalue weighted by atomic mass is 10.0. The largest absolute Gasteiger partial charge is 0.326 e. The molecule has 0 saturated heterocycles. The summed E-state index contributed by atoms with van der Waals surface area (Å²) in [4.78, 5) is 23.2. The van der Waals surface area contributed by atoms with E-state index in [2.05, 4.69) is 24.5 Å². The van der Waals surface area contributed by atoms with E-state index in [9.17, 15) is 14.0 Å². The van der Waals surface area contributed by atoms with Crippen molar-refractivity contribution in [3.05, 3.63) is 59.4 Å². The highest BCUT2D eigenvalue weighted by molar-refractivity contribution is 5.94. The van der Waals surface area contributed by atoms with Crippen molar-refractivity contribution >= 4 is 23.2 Å². The number of hydrogen-bond acceptors (Lipinski definition) is 2. The van der Waals surface area contributed by atoms with Crippen LogP contribution in [0.5, 0.6) is 0 Å². The lowest BCUT2D eigenvalue weighted by Gasteiger charge is -2.10. The Morgan fingerprint density at radius 2 is 1.64 bits per heavy atom. The zero-order valence-electron chi connectivity index (χ0n) is 14.7. The summed E-state index contributed by atoms with van der Waals surface area (Å²) in [5, 5.41) is 5.11. The molecule has 0 spiro atoms. The molecule has 0 aromatic heterocycles. The van der Waals surface area contributed by atoms with Crippen LogP contribution in [0.4, 0.5) is 15.8 Å². The second kappa shape index (κ2) is 8.42. The number of hydrogen-bond donors (Lipinski definition) is 2. The summed E-state index contributed by atoms with van der Waals surface area (Å²) in [5.74, 6) is -0.528. The minimum atomic E-state index is -0.547. The minimum absolute atomic E-state index is 0.0448. The van der Waals surface area contributed by atoms with Gasteiger partial charge in [0.2, 0.25) is 11.8 Å². The highest BCUT2D eigenvalue weighted by Gasteiger charge is 2.09. The molecule has 2 aromatic carbocycles. The predicted octanol–water partition coefficient (Wildman–Crippen LogP) is 4.16. The molecule has 0 fully saturated rings. The molecule has 0 aliphatic rings. The number of rotatable bonds is 6. The van der Waals surface area contributed by atoms with Crippen molar-refractivity contribution in [3.63, 3.8) is 0 Å². The Labute approximate surface area is 147 Å². The molecule has 0 unspecified atom stereocenters. The van der Waals surface area contributed by atoms with Crippen LogP contribution >= 0.6 is 0 Å². The molecule has 2 aromatic rings. The Balaban J connectivity index is 1.99. The SMILES string of the molecule is CC(=O)Nc1cc(NC(=O)Cc2ccc(CC(C)C)cc2)ccc1F. The van der Waals surface area contributed by atoms with Crippen LogP contribution in [0.15, 0.2) is 42.5 Å². The molecule has 132 valence electrons. The Morgan fingerprint density at radius 3 is 2.24 bits per heavy atom. The van der Waals surface area contributed by atoms with Gasteiger partial charge in [0, 0.05) is 12.6 Å². The van der Waals surface area contributed by atoms with Gasteiger partial charge in [-0.05, 0) is 41.7 Å². The average molecular weight is 342 g/mol. The molecule has 2 N–H and O–H groups in total. The fourth-order valence-electron chi connectivity index (χ4n) is 2.54. The molecule has 0 radical (unpaired) electrons. The van der Waals surface area contributed by atoms with Gasteiger partial charge < -0.3 is 10.6 Å². The third-order valence-electron chi connectivity index (χ3n) is 3.59. The third kappa shape index (κ3) is 6.03. The summed E-state index contributed by atoms with van der Waals surface area (Å²) in [6, 6.07) is 12.0. The predicted molar refractivity (Wildman–Crippen MR) is 98.0 cm³/mol. The van der Waals surface area contributed by atoms with Gasteiger partial charge in [-0.2, -0.15) is 0 Å². The van der Waals surface area contributed by atoms with Crippen LogP contribution in [0, 0.1) is 11.7 Å². The Bertz CT molecular complexity index is 755. The van der Waals surface area contributed by atoms with E-state index >= 15 is 0 Å². The first-order chi connectivity index (χ1) is 11.8. The molecule has 0 aliphatic carbocycles. The van der Waals surface area contributed by atoms with Gasteiger partial charge in [0.15, 0.2) is 0 Å². The summed E-state index contributed by atoms with van der Waals surface area (Å²) in [6.45, 7) is 5.63. The quantitative estimate of drug-likeness (QED) is 0.828. The first-order valence-corrected chi connectivity index (χ1v) is 8.28. The molecule has 2 amide bonds. The minimum Gasteiger partial charge on any atom is -0.326 e. The van der Waals surface area contributed by atoms with Gasteiger partial charge in [-0.3, -0.25) is 9.59 Å². The molecule has 5 heteroatoms. The molecule has 0 bridgehead atoms. The lowest BCUT2D eigenvalue weighted by Crippen LogP contribution is -2.15. The maximum atomic E-state index is 13.6. The van der Waals surface area contributed by atoms with Gasteiger partial charge in [-0.1, -0.05) is 38.1 Å². The van der Waals surface area contributed by atoms with Gasteiger partial charge in [-0.15, -0.1) is 0 Å². The Kier molecular flexibility index (Phi) is 6.28. The molecule has 0 atom stereocenters. The zero-order valence-corrected chi connectivity index (χ0v) is 14.7. The second-order valence-electron chi connectivity index (χ2n) is 6.52. The molecular formula is C20H23FN2O2. The van der Waals surface area contributed by atoms with Crippen LogP contribution in [-0.4, -0.2) is 11.8 Å².